The summed E-state index contributed by atoms with van der Waals surface area (Å²) in [6.45, 7) is 7.11. The van der Waals surface area contributed by atoms with Crippen molar-refractivity contribution in [3.05, 3.63) is 95.1 Å². The van der Waals surface area contributed by atoms with Gasteiger partial charge in [0.05, 0.1) is 24.9 Å². The lowest BCUT2D eigenvalue weighted by atomic mass is 9.75. The summed E-state index contributed by atoms with van der Waals surface area (Å²) in [5.41, 5.74) is 5.46. The number of aliphatic hydroxyl groups is 1. The first-order chi connectivity index (χ1) is 26.5. The molecule has 10 heteroatoms. The highest BCUT2D eigenvalue weighted by Gasteiger charge is 2.44. The van der Waals surface area contributed by atoms with Gasteiger partial charge in [-0.15, -0.1) is 0 Å². The van der Waals surface area contributed by atoms with Crippen LogP contribution < -0.4 is 10.6 Å². The second kappa shape index (κ2) is 18.7. The number of aliphatic carboxylic acids is 1. The Morgan fingerprint density at radius 1 is 0.836 bits per heavy atom. The van der Waals surface area contributed by atoms with E-state index in [1.165, 1.54) is 19.3 Å². The van der Waals surface area contributed by atoms with E-state index in [9.17, 15) is 19.5 Å². The lowest BCUT2D eigenvalue weighted by Gasteiger charge is -2.50. The topological polar surface area (TPSA) is 137 Å². The number of ether oxygens (including phenoxy) is 2. The van der Waals surface area contributed by atoms with Crippen molar-refractivity contribution < 1.29 is 34.1 Å². The first-order valence-corrected chi connectivity index (χ1v) is 20.2. The molecule has 0 radical (unpaired) electrons. The number of aliphatic hydroxyl groups excluding tert-OH is 1. The summed E-state index contributed by atoms with van der Waals surface area (Å²) in [4.78, 5) is 39.6. The lowest BCUT2D eigenvalue weighted by molar-refractivity contribution is -0.255. The normalized spacial score (nSPS) is 24.4. The van der Waals surface area contributed by atoms with Gasteiger partial charge in [0.15, 0.2) is 6.29 Å². The molecule has 4 N–H and O–H groups in total. The summed E-state index contributed by atoms with van der Waals surface area (Å²) < 4.78 is 13.6. The SMILES string of the molecule is CC(C)(C)NC(=O)[C@H]1CC[C@H]2CCCC[C@H]2N1C[C@H]1C[C@@H](c2ccc(CO)cc2)O[C@@H](c2ccc(-c3ccccc3CNC(=O)CCCCC(=O)O)cc2)O1. The molecule has 3 aromatic rings. The first-order valence-electron chi connectivity index (χ1n) is 20.2. The Hall–Kier alpha value is -4.09. The standard InChI is InChI=1S/C45H59N3O7/c1-45(2,3)47-43(53)39-25-24-32-10-5-7-13-38(32)48(39)28-36-26-40(33-18-16-30(29-49)17-19-33)55-44(54-36)34-22-20-31(21-23-34)37-12-6-4-11-35(37)27-46-41(50)14-8-9-15-42(51)52/h4,6,11-12,16-23,32,36,38-40,44,49H,5,7-10,13-15,24-29H2,1-3H3,(H,46,50)(H,47,53)(H,51,52)/t32-,36-,38-,39-,40+,44+/m1/s1. The van der Waals surface area contributed by atoms with E-state index in [1.54, 1.807) is 0 Å². The van der Waals surface area contributed by atoms with Gasteiger partial charge in [-0.2, -0.15) is 0 Å². The quantitative estimate of drug-likeness (QED) is 0.124. The second-order valence-corrected chi connectivity index (χ2v) is 16.6. The molecule has 1 aliphatic carbocycles. The zero-order valence-electron chi connectivity index (χ0n) is 32.7. The lowest BCUT2D eigenvalue weighted by Crippen LogP contribution is -2.61. The van der Waals surface area contributed by atoms with Crippen molar-refractivity contribution in [2.24, 2.45) is 5.92 Å². The zero-order valence-corrected chi connectivity index (χ0v) is 32.7. The summed E-state index contributed by atoms with van der Waals surface area (Å²) in [6, 6.07) is 24.3. The Bertz CT molecular complexity index is 1740. The molecule has 0 aromatic heterocycles. The maximum absolute atomic E-state index is 13.8. The molecule has 55 heavy (non-hydrogen) atoms. The number of hydrogen-bond acceptors (Lipinski definition) is 7. The Balaban J connectivity index is 1.21. The van der Waals surface area contributed by atoms with Crippen LogP contribution in [0.1, 0.15) is 126 Å². The van der Waals surface area contributed by atoms with Crippen molar-refractivity contribution >= 4 is 17.8 Å². The molecule has 10 nitrogen and oxygen atoms in total. The molecule has 2 heterocycles. The van der Waals surface area contributed by atoms with Crippen LogP contribution in [0.2, 0.25) is 0 Å². The largest absolute Gasteiger partial charge is 0.481 e. The number of carbonyl (C=O) groups is 3. The number of nitrogens with zero attached hydrogens (tertiary/aromatic N) is 1. The molecule has 2 saturated heterocycles. The van der Waals surface area contributed by atoms with Gasteiger partial charge < -0.3 is 30.3 Å². The summed E-state index contributed by atoms with van der Waals surface area (Å²) in [5.74, 6) is -0.248. The fourth-order valence-electron chi connectivity index (χ4n) is 8.62. The number of unbranched alkanes of at least 4 members (excludes halogenated alkanes) is 1. The van der Waals surface area contributed by atoms with Crippen LogP contribution in [-0.2, 0) is 37.0 Å². The molecule has 1 saturated carbocycles. The minimum absolute atomic E-state index is 0.0217. The van der Waals surface area contributed by atoms with Gasteiger partial charge in [0.1, 0.15) is 0 Å². The number of nitrogens with one attached hydrogen (secondary N) is 2. The molecule has 6 rings (SSSR count). The van der Waals surface area contributed by atoms with E-state index in [0.717, 1.165) is 52.6 Å². The maximum atomic E-state index is 13.8. The average Bonchev–Trinajstić information content (AvgIpc) is 3.18. The van der Waals surface area contributed by atoms with Crippen LogP contribution >= 0.6 is 0 Å². The Labute approximate surface area is 326 Å². The summed E-state index contributed by atoms with van der Waals surface area (Å²) >= 11 is 0. The Morgan fingerprint density at radius 2 is 1.55 bits per heavy atom. The van der Waals surface area contributed by atoms with Crippen LogP contribution in [0.3, 0.4) is 0 Å². The second-order valence-electron chi connectivity index (χ2n) is 16.6. The van der Waals surface area contributed by atoms with Gasteiger partial charge in [0.2, 0.25) is 11.8 Å². The molecule has 2 aliphatic heterocycles. The highest BCUT2D eigenvalue weighted by atomic mass is 16.7. The number of rotatable bonds is 14. The van der Waals surface area contributed by atoms with Gasteiger partial charge in [-0.05, 0) is 93.0 Å². The molecular formula is C45H59N3O7. The highest BCUT2D eigenvalue weighted by Crippen LogP contribution is 2.42. The number of carboxylic acid groups (broad SMARTS) is 1. The highest BCUT2D eigenvalue weighted by molar-refractivity contribution is 5.82. The number of hydrogen-bond donors (Lipinski definition) is 4. The fraction of sp³-hybridized carbons (Fsp3) is 0.533. The molecule has 0 bridgehead atoms. The van der Waals surface area contributed by atoms with Gasteiger partial charge in [-0.3, -0.25) is 19.3 Å². The predicted octanol–water partition coefficient (Wildman–Crippen LogP) is 7.59. The van der Waals surface area contributed by atoms with Gasteiger partial charge >= 0.3 is 5.97 Å². The minimum Gasteiger partial charge on any atom is -0.481 e. The van der Waals surface area contributed by atoms with Crippen molar-refractivity contribution in [2.45, 2.75) is 141 Å². The van der Waals surface area contributed by atoms with E-state index < -0.39 is 12.3 Å². The third-order valence-corrected chi connectivity index (χ3v) is 11.4. The van der Waals surface area contributed by atoms with E-state index in [-0.39, 0.29) is 48.6 Å². The predicted molar refractivity (Wildman–Crippen MR) is 212 cm³/mol. The number of likely N-dealkylation sites (tertiary alicyclic amines) is 1. The van der Waals surface area contributed by atoms with Crippen LogP contribution in [0.25, 0.3) is 11.1 Å². The average molecular weight is 754 g/mol. The van der Waals surface area contributed by atoms with Crippen LogP contribution in [0.15, 0.2) is 72.8 Å². The molecule has 0 spiro atoms. The van der Waals surface area contributed by atoms with E-state index in [2.05, 4.69) is 27.7 Å². The monoisotopic (exact) mass is 753 g/mol. The van der Waals surface area contributed by atoms with Crippen LogP contribution in [0, 0.1) is 5.92 Å². The van der Waals surface area contributed by atoms with E-state index in [4.69, 9.17) is 14.6 Å². The van der Waals surface area contributed by atoms with E-state index >= 15 is 0 Å². The summed E-state index contributed by atoms with van der Waals surface area (Å²) in [7, 11) is 0. The number of carboxylic acids is 1. The zero-order chi connectivity index (χ0) is 39.0. The molecular weight excluding hydrogens is 695 g/mol. The third kappa shape index (κ3) is 11.0. The number of piperidine rings is 1. The fourth-order valence-corrected chi connectivity index (χ4v) is 8.62. The van der Waals surface area contributed by atoms with Gasteiger partial charge in [-0.1, -0.05) is 85.6 Å². The molecule has 3 fully saturated rings. The molecule has 3 aromatic carbocycles. The molecule has 6 atom stereocenters. The number of benzene rings is 3. The number of amides is 2. The third-order valence-electron chi connectivity index (χ3n) is 11.4. The Kier molecular flexibility index (Phi) is 13.8. The van der Waals surface area contributed by atoms with Crippen molar-refractivity contribution in [1.82, 2.24) is 15.5 Å². The molecule has 3 aliphatic rings. The van der Waals surface area contributed by atoms with Crippen LogP contribution in [0.5, 0.6) is 0 Å². The smallest absolute Gasteiger partial charge is 0.303 e. The number of carbonyl (C=O) groups excluding carboxylic acids is 2. The van der Waals surface area contributed by atoms with E-state index in [0.29, 0.717) is 50.7 Å². The molecule has 296 valence electrons. The van der Waals surface area contributed by atoms with Gasteiger partial charge in [0.25, 0.3) is 0 Å². The summed E-state index contributed by atoms with van der Waals surface area (Å²) in [5, 5.41) is 24.8. The summed E-state index contributed by atoms with van der Waals surface area (Å²) in [6.07, 6.45) is 7.65. The molecule has 2 amide bonds. The first kappa shape index (κ1) is 40.6. The van der Waals surface area contributed by atoms with Crippen molar-refractivity contribution in [3.63, 3.8) is 0 Å². The Morgan fingerprint density at radius 3 is 2.27 bits per heavy atom. The maximum Gasteiger partial charge on any atom is 0.303 e. The minimum atomic E-state index is -0.847. The van der Waals surface area contributed by atoms with Gasteiger partial charge in [0, 0.05) is 49.5 Å². The molecule has 0 unspecified atom stereocenters. The van der Waals surface area contributed by atoms with Gasteiger partial charge in [-0.25, -0.2) is 0 Å². The van der Waals surface area contributed by atoms with Crippen molar-refractivity contribution in [3.8, 4) is 11.1 Å². The van der Waals surface area contributed by atoms with E-state index in [1.807, 2.05) is 81.4 Å². The van der Waals surface area contributed by atoms with Crippen molar-refractivity contribution in [1.29, 1.82) is 0 Å². The number of fused-ring (bicyclic) bond motifs is 1. The van der Waals surface area contributed by atoms with Crippen LogP contribution in [0.4, 0.5) is 0 Å². The van der Waals surface area contributed by atoms with Crippen LogP contribution in [-0.4, -0.2) is 63.2 Å². The van der Waals surface area contributed by atoms with Crippen molar-refractivity contribution in [2.75, 3.05) is 6.54 Å².